The molecule has 4 nitrogen and oxygen atoms in total. The van der Waals surface area contributed by atoms with Crippen LogP contribution in [-0.4, -0.2) is 47.3 Å². The summed E-state index contributed by atoms with van der Waals surface area (Å²) in [5.74, 6) is -0.648. The van der Waals surface area contributed by atoms with E-state index in [4.69, 9.17) is 4.74 Å². The summed E-state index contributed by atoms with van der Waals surface area (Å²) in [6.45, 7) is 4.65. The van der Waals surface area contributed by atoms with Gasteiger partial charge in [0, 0.05) is 13.2 Å². The average molecular weight is 241 g/mol. The highest BCUT2D eigenvalue weighted by atomic mass is 16.5. The second kappa shape index (κ2) is 5.36. The molecule has 4 heteroatoms. The van der Waals surface area contributed by atoms with Crippen molar-refractivity contribution in [3.8, 4) is 0 Å². The Morgan fingerprint density at radius 3 is 2.94 bits per heavy atom. The first-order valence-corrected chi connectivity index (χ1v) is 6.79. The predicted octanol–water partition coefficient (Wildman–Crippen LogP) is 1.88. The van der Waals surface area contributed by atoms with Gasteiger partial charge < -0.3 is 9.84 Å². The summed E-state index contributed by atoms with van der Waals surface area (Å²) in [6.07, 6.45) is 6.14. The molecule has 2 atom stereocenters. The molecule has 1 N–H and O–H groups in total. The Bertz CT molecular complexity index is 276. The zero-order valence-electron chi connectivity index (χ0n) is 10.7. The van der Waals surface area contributed by atoms with Crippen LogP contribution in [0.3, 0.4) is 0 Å². The Labute approximate surface area is 103 Å². The van der Waals surface area contributed by atoms with Crippen LogP contribution in [0.15, 0.2) is 0 Å². The van der Waals surface area contributed by atoms with Crippen molar-refractivity contribution in [2.45, 2.75) is 57.1 Å². The molecule has 2 rings (SSSR count). The zero-order chi connectivity index (χ0) is 12.3. The number of likely N-dealkylation sites (tertiary alicyclic amines) is 1. The smallest absolute Gasteiger partial charge is 0.324 e. The van der Waals surface area contributed by atoms with Gasteiger partial charge in [0.05, 0.1) is 6.10 Å². The van der Waals surface area contributed by atoms with Gasteiger partial charge in [-0.15, -0.1) is 0 Å². The first-order valence-electron chi connectivity index (χ1n) is 6.79. The van der Waals surface area contributed by atoms with E-state index in [9.17, 15) is 9.90 Å². The van der Waals surface area contributed by atoms with Crippen molar-refractivity contribution in [3.63, 3.8) is 0 Å². The summed E-state index contributed by atoms with van der Waals surface area (Å²) in [5.41, 5.74) is -0.599. The maximum atomic E-state index is 11.5. The Morgan fingerprint density at radius 2 is 2.35 bits per heavy atom. The second-order valence-corrected chi connectivity index (χ2v) is 5.20. The van der Waals surface area contributed by atoms with Crippen LogP contribution in [0.2, 0.25) is 0 Å². The lowest BCUT2D eigenvalue weighted by molar-refractivity contribution is -0.150. The zero-order valence-corrected chi connectivity index (χ0v) is 10.7. The van der Waals surface area contributed by atoms with E-state index in [0.717, 1.165) is 51.8 Å². The lowest BCUT2D eigenvalue weighted by Gasteiger charge is -2.34. The molecule has 2 saturated heterocycles. The molecule has 0 radical (unpaired) electrons. The molecule has 2 fully saturated rings. The third-order valence-electron chi connectivity index (χ3n) is 4.35. The Hall–Kier alpha value is -0.610. The number of hydrogen-bond acceptors (Lipinski definition) is 3. The summed E-state index contributed by atoms with van der Waals surface area (Å²) in [5, 5.41) is 9.45. The first-order chi connectivity index (χ1) is 8.19. The second-order valence-electron chi connectivity index (χ2n) is 5.20. The van der Waals surface area contributed by atoms with Crippen molar-refractivity contribution < 1.29 is 14.6 Å². The van der Waals surface area contributed by atoms with Crippen molar-refractivity contribution in [2.24, 2.45) is 0 Å². The number of nitrogens with zero attached hydrogens (tertiary/aromatic N) is 1. The summed E-state index contributed by atoms with van der Waals surface area (Å²) in [6, 6.07) is 0. The Balaban J connectivity index is 1.91. The van der Waals surface area contributed by atoms with Crippen LogP contribution in [-0.2, 0) is 9.53 Å². The number of carbonyl (C=O) groups is 1. The monoisotopic (exact) mass is 241 g/mol. The lowest BCUT2D eigenvalue weighted by atomic mass is 9.92. The molecule has 98 valence electrons. The van der Waals surface area contributed by atoms with Gasteiger partial charge in [-0.2, -0.15) is 0 Å². The van der Waals surface area contributed by atoms with E-state index in [1.54, 1.807) is 0 Å². The summed E-state index contributed by atoms with van der Waals surface area (Å²) < 4.78 is 5.60. The molecule has 0 spiro atoms. The quantitative estimate of drug-likeness (QED) is 0.798. The summed E-state index contributed by atoms with van der Waals surface area (Å²) in [4.78, 5) is 13.7. The van der Waals surface area contributed by atoms with Gasteiger partial charge in [0.1, 0.15) is 5.54 Å². The minimum absolute atomic E-state index is 0.360. The molecule has 2 heterocycles. The van der Waals surface area contributed by atoms with Crippen molar-refractivity contribution in [2.75, 3.05) is 19.7 Å². The first kappa shape index (κ1) is 12.8. The fraction of sp³-hybridized carbons (Fsp3) is 0.923. The molecule has 0 amide bonds. The molecule has 2 unspecified atom stereocenters. The van der Waals surface area contributed by atoms with Crippen molar-refractivity contribution in [3.05, 3.63) is 0 Å². The summed E-state index contributed by atoms with van der Waals surface area (Å²) in [7, 11) is 0. The molecule has 2 aliphatic rings. The lowest BCUT2D eigenvalue weighted by Crippen LogP contribution is -2.50. The predicted molar refractivity (Wildman–Crippen MR) is 65.1 cm³/mol. The van der Waals surface area contributed by atoms with E-state index in [2.05, 4.69) is 4.90 Å². The van der Waals surface area contributed by atoms with Gasteiger partial charge in [0.25, 0.3) is 0 Å². The Kier molecular flexibility index (Phi) is 4.05. The van der Waals surface area contributed by atoms with Gasteiger partial charge in [-0.3, -0.25) is 9.69 Å². The number of carboxylic acid groups (broad SMARTS) is 1. The average Bonchev–Trinajstić information content (AvgIpc) is 2.96. The maximum absolute atomic E-state index is 11.5. The number of rotatable bonds is 5. The summed E-state index contributed by atoms with van der Waals surface area (Å²) >= 11 is 0. The molecule has 0 saturated carbocycles. The van der Waals surface area contributed by atoms with Crippen LogP contribution in [0.25, 0.3) is 0 Å². The third-order valence-corrected chi connectivity index (χ3v) is 4.35. The van der Waals surface area contributed by atoms with E-state index >= 15 is 0 Å². The molecule has 17 heavy (non-hydrogen) atoms. The number of ether oxygens (including phenoxy) is 1. The Morgan fingerprint density at radius 1 is 1.53 bits per heavy atom. The maximum Gasteiger partial charge on any atom is 0.324 e. The van der Waals surface area contributed by atoms with E-state index in [-0.39, 0.29) is 0 Å². The minimum atomic E-state index is -0.648. The highest BCUT2D eigenvalue weighted by Gasteiger charge is 2.45. The molecule has 0 aromatic carbocycles. The van der Waals surface area contributed by atoms with Crippen LogP contribution >= 0.6 is 0 Å². The van der Waals surface area contributed by atoms with Crippen molar-refractivity contribution in [1.29, 1.82) is 0 Å². The molecular weight excluding hydrogens is 218 g/mol. The van der Waals surface area contributed by atoms with Crippen LogP contribution in [0.5, 0.6) is 0 Å². The van der Waals surface area contributed by atoms with Crippen molar-refractivity contribution in [1.82, 2.24) is 4.90 Å². The normalized spacial score (nSPS) is 34.3. The number of aliphatic carboxylic acids is 1. The molecule has 0 bridgehead atoms. The van der Waals surface area contributed by atoms with Crippen LogP contribution in [0, 0.1) is 0 Å². The molecule has 0 aromatic rings. The van der Waals surface area contributed by atoms with Gasteiger partial charge >= 0.3 is 5.97 Å². The van der Waals surface area contributed by atoms with E-state index in [1.807, 2.05) is 6.92 Å². The number of hydrogen-bond donors (Lipinski definition) is 1. The molecular formula is C13H23NO3. The third kappa shape index (κ3) is 2.47. The minimum Gasteiger partial charge on any atom is -0.480 e. The van der Waals surface area contributed by atoms with Crippen LogP contribution in [0.1, 0.15) is 45.4 Å². The van der Waals surface area contributed by atoms with E-state index in [1.165, 1.54) is 0 Å². The standard InChI is InChI=1S/C13H23NO3/c1-2-13(12(15)16)7-4-8-14(13)9-6-11-5-3-10-17-11/h11H,2-10H2,1H3,(H,15,16). The fourth-order valence-corrected chi connectivity index (χ4v) is 3.23. The van der Waals surface area contributed by atoms with Gasteiger partial charge in [-0.1, -0.05) is 6.92 Å². The van der Waals surface area contributed by atoms with Crippen LogP contribution in [0.4, 0.5) is 0 Å². The van der Waals surface area contributed by atoms with E-state index in [0.29, 0.717) is 12.5 Å². The molecule has 0 aromatic heterocycles. The van der Waals surface area contributed by atoms with Gasteiger partial charge in [-0.05, 0) is 45.1 Å². The van der Waals surface area contributed by atoms with E-state index < -0.39 is 11.5 Å². The highest BCUT2D eigenvalue weighted by molar-refractivity contribution is 5.79. The van der Waals surface area contributed by atoms with Gasteiger partial charge in [-0.25, -0.2) is 0 Å². The fourth-order valence-electron chi connectivity index (χ4n) is 3.23. The van der Waals surface area contributed by atoms with Crippen molar-refractivity contribution >= 4 is 5.97 Å². The largest absolute Gasteiger partial charge is 0.480 e. The molecule has 2 aliphatic heterocycles. The highest BCUT2D eigenvalue weighted by Crippen LogP contribution is 2.33. The molecule has 0 aliphatic carbocycles. The number of carboxylic acids is 1. The van der Waals surface area contributed by atoms with Gasteiger partial charge in [0.15, 0.2) is 0 Å². The topological polar surface area (TPSA) is 49.8 Å². The van der Waals surface area contributed by atoms with Crippen LogP contribution < -0.4 is 0 Å². The SMILES string of the molecule is CCC1(C(=O)O)CCCN1CCC1CCCO1. The van der Waals surface area contributed by atoms with Gasteiger partial charge in [0.2, 0.25) is 0 Å².